The lowest BCUT2D eigenvalue weighted by Gasteiger charge is -2.11. The quantitative estimate of drug-likeness (QED) is 0.132. The van der Waals surface area contributed by atoms with E-state index in [1.807, 2.05) is 54.6 Å². The molecule has 0 saturated heterocycles. The van der Waals surface area contributed by atoms with Crippen LogP contribution in [0.2, 0.25) is 5.02 Å². The first-order valence-electron chi connectivity index (χ1n) is 11.4. The number of carbonyl (C=O) groups excluding carboxylic acids is 2. The molecule has 182 valence electrons. The summed E-state index contributed by atoms with van der Waals surface area (Å²) in [5.41, 5.74) is 4.58. The van der Waals surface area contributed by atoms with E-state index in [-0.39, 0.29) is 6.61 Å². The largest absolute Gasteiger partial charge is 0.484 e. The molecule has 0 atom stereocenters. The van der Waals surface area contributed by atoms with Gasteiger partial charge in [-0.15, -0.1) is 0 Å². The van der Waals surface area contributed by atoms with Gasteiger partial charge in [0, 0.05) is 10.6 Å². The van der Waals surface area contributed by atoms with Crippen LogP contribution in [0.5, 0.6) is 11.5 Å². The molecule has 6 nitrogen and oxygen atoms in total. The maximum absolute atomic E-state index is 12.7. The Morgan fingerprint density at radius 2 is 1.67 bits per heavy atom. The van der Waals surface area contributed by atoms with E-state index in [0.29, 0.717) is 33.6 Å². The van der Waals surface area contributed by atoms with Crippen LogP contribution in [0.1, 0.15) is 41.3 Å². The summed E-state index contributed by atoms with van der Waals surface area (Å²) in [6.45, 7) is 4.04. The lowest BCUT2D eigenvalue weighted by molar-refractivity contribution is -0.123. The summed E-state index contributed by atoms with van der Waals surface area (Å²) in [4.78, 5) is 25.0. The maximum Gasteiger partial charge on any atom is 0.343 e. The number of hydrogen-bond acceptors (Lipinski definition) is 5. The standard InChI is InChI=1S/C29H25ClN2O4/c1-19(2)20-9-14-24(15-10-20)35-18-28(33)32-31-17-26-25-6-4-3-5-21(25)11-16-27(26)36-29(34)22-7-12-23(30)13-8-22/h3-17,19H,18H2,1-2H3,(H,32,33)/b31-17+. The van der Waals surface area contributed by atoms with E-state index in [9.17, 15) is 9.59 Å². The van der Waals surface area contributed by atoms with E-state index >= 15 is 0 Å². The fourth-order valence-electron chi connectivity index (χ4n) is 3.54. The second-order valence-corrected chi connectivity index (χ2v) is 8.84. The fraction of sp³-hybridized carbons (Fsp3) is 0.138. The first kappa shape index (κ1) is 24.9. The number of hydrogen-bond donors (Lipinski definition) is 1. The summed E-state index contributed by atoms with van der Waals surface area (Å²) >= 11 is 5.91. The summed E-state index contributed by atoms with van der Waals surface area (Å²) in [5, 5.41) is 6.36. The average molecular weight is 501 g/mol. The van der Waals surface area contributed by atoms with Crippen molar-refractivity contribution in [2.24, 2.45) is 5.10 Å². The van der Waals surface area contributed by atoms with Gasteiger partial charge in [-0.1, -0.05) is 67.9 Å². The Hall–Kier alpha value is -4.16. The van der Waals surface area contributed by atoms with E-state index in [4.69, 9.17) is 21.1 Å². The van der Waals surface area contributed by atoms with Crippen LogP contribution in [0.3, 0.4) is 0 Å². The fourth-order valence-corrected chi connectivity index (χ4v) is 3.67. The molecule has 4 aromatic carbocycles. The molecular weight excluding hydrogens is 476 g/mol. The molecule has 0 spiro atoms. The first-order valence-corrected chi connectivity index (χ1v) is 11.8. The van der Waals surface area contributed by atoms with Crippen molar-refractivity contribution in [3.63, 3.8) is 0 Å². The third-order valence-corrected chi connectivity index (χ3v) is 5.76. The number of benzene rings is 4. The molecule has 4 rings (SSSR count). The predicted molar refractivity (Wildman–Crippen MR) is 142 cm³/mol. The highest BCUT2D eigenvalue weighted by Gasteiger charge is 2.14. The Morgan fingerprint density at radius 3 is 2.39 bits per heavy atom. The van der Waals surface area contributed by atoms with Gasteiger partial charge in [0.05, 0.1) is 11.8 Å². The van der Waals surface area contributed by atoms with Gasteiger partial charge in [-0.3, -0.25) is 4.79 Å². The normalized spacial score (nSPS) is 11.1. The molecule has 1 amide bonds. The smallest absolute Gasteiger partial charge is 0.343 e. The molecule has 0 aliphatic heterocycles. The van der Waals surface area contributed by atoms with Gasteiger partial charge in [0.2, 0.25) is 0 Å². The van der Waals surface area contributed by atoms with Gasteiger partial charge in [-0.25, -0.2) is 10.2 Å². The number of carbonyl (C=O) groups is 2. The van der Waals surface area contributed by atoms with Gasteiger partial charge in [0.25, 0.3) is 5.91 Å². The minimum absolute atomic E-state index is 0.188. The van der Waals surface area contributed by atoms with Crippen molar-refractivity contribution in [2.75, 3.05) is 6.61 Å². The molecule has 0 aliphatic rings. The zero-order valence-electron chi connectivity index (χ0n) is 19.9. The lowest BCUT2D eigenvalue weighted by atomic mass is 10.0. The van der Waals surface area contributed by atoms with Crippen LogP contribution < -0.4 is 14.9 Å². The number of hydrazone groups is 1. The summed E-state index contributed by atoms with van der Waals surface area (Å²) in [6, 6.07) is 25.2. The highest BCUT2D eigenvalue weighted by atomic mass is 35.5. The number of rotatable bonds is 8. The monoisotopic (exact) mass is 500 g/mol. The van der Waals surface area contributed by atoms with E-state index < -0.39 is 11.9 Å². The second kappa shape index (κ2) is 11.5. The Labute approximate surface area is 214 Å². The summed E-state index contributed by atoms with van der Waals surface area (Å²) in [6.07, 6.45) is 1.46. The number of amides is 1. The molecule has 0 aromatic heterocycles. The molecule has 0 bridgehead atoms. The first-order chi connectivity index (χ1) is 17.4. The number of nitrogens with one attached hydrogen (secondary N) is 1. The van der Waals surface area contributed by atoms with Gasteiger partial charge < -0.3 is 9.47 Å². The molecule has 0 radical (unpaired) electrons. The SMILES string of the molecule is CC(C)c1ccc(OCC(=O)N/N=C/c2c(OC(=O)c3ccc(Cl)cc3)ccc3ccccc23)cc1. The van der Waals surface area contributed by atoms with Gasteiger partial charge in [-0.2, -0.15) is 5.10 Å². The molecule has 0 unspecified atom stereocenters. The third-order valence-electron chi connectivity index (χ3n) is 5.51. The van der Waals surface area contributed by atoms with Crippen molar-refractivity contribution in [1.82, 2.24) is 5.43 Å². The molecule has 1 N–H and O–H groups in total. The van der Waals surface area contributed by atoms with E-state index in [1.54, 1.807) is 30.3 Å². The van der Waals surface area contributed by atoms with Crippen molar-refractivity contribution < 1.29 is 19.1 Å². The topological polar surface area (TPSA) is 77.0 Å². The highest BCUT2D eigenvalue weighted by molar-refractivity contribution is 6.30. The van der Waals surface area contributed by atoms with Crippen LogP contribution in [0.15, 0.2) is 90.0 Å². The van der Waals surface area contributed by atoms with Gasteiger partial charge in [0.15, 0.2) is 6.61 Å². The van der Waals surface area contributed by atoms with Gasteiger partial charge in [0.1, 0.15) is 11.5 Å². The van der Waals surface area contributed by atoms with Crippen molar-refractivity contribution in [3.8, 4) is 11.5 Å². The molecule has 0 heterocycles. The Bertz CT molecular complexity index is 1400. The Balaban J connectivity index is 1.46. The minimum atomic E-state index is -0.530. The van der Waals surface area contributed by atoms with Crippen LogP contribution in [-0.2, 0) is 4.79 Å². The molecule has 36 heavy (non-hydrogen) atoms. The van der Waals surface area contributed by atoms with Crippen LogP contribution in [0, 0.1) is 0 Å². The number of nitrogens with zero attached hydrogens (tertiary/aromatic N) is 1. The molecule has 0 fully saturated rings. The molecular formula is C29H25ClN2O4. The van der Waals surface area contributed by atoms with Crippen molar-refractivity contribution in [2.45, 2.75) is 19.8 Å². The third kappa shape index (κ3) is 6.29. The van der Waals surface area contributed by atoms with Crippen LogP contribution in [0.4, 0.5) is 0 Å². The van der Waals surface area contributed by atoms with E-state index in [1.165, 1.54) is 11.8 Å². The Kier molecular flexibility index (Phi) is 7.98. The summed E-state index contributed by atoms with van der Waals surface area (Å²) in [5.74, 6) is 0.384. The van der Waals surface area contributed by atoms with Crippen LogP contribution in [-0.4, -0.2) is 24.7 Å². The average Bonchev–Trinajstić information content (AvgIpc) is 2.89. The maximum atomic E-state index is 12.7. The number of halogens is 1. The van der Waals surface area contributed by atoms with E-state index in [0.717, 1.165) is 10.8 Å². The molecule has 0 saturated carbocycles. The second-order valence-electron chi connectivity index (χ2n) is 8.40. The number of fused-ring (bicyclic) bond motifs is 1. The van der Waals surface area contributed by atoms with Gasteiger partial charge in [-0.05, 0) is 64.7 Å². The molecule has 4 aromatic rings. The van der Waals surface area contributed by atoms with Crippen LogP contribution in [0.25, 0.3) is 10.8 Å². The molecule has 0 aliphatic carbocycles. The van der Waals surface area contributed by atoms with Gasteiger partial charge >= 0.3 is 5.97 Å². The molecule has 7 heteroatoms. The number of ether oxygens (including phenoxy) is 2. The zero-order valence-corrected chi connectivity index (χ0v) is 20.7. The zero-order chi connectivity index (χ0) is 25.5. The summed E-state index contributed by atoms with van der Waals surface area (Å²) < 4.78 is 11.2. The van der Waals surface area contributed by atoms with Crippen molar-refractivity contribution in [3.05, 3.63) is 107 Å². The summed E-state index contributed by atoms with van der Waals surface area (Å²) in [7, 11) is 0. The lowest BCUT2D eigenvalue weighted by Crippen LogP contribution is -2.24. The van der Waals surface area contributed by atoms with Crippen LogP contribution >= 0.6 is 11.6 Å². The Morgan fingerprint density at radius 1 is 0.944 bits per heavy atom. The van der Waals surface area contributed by atoms with Crippen molar-refractivity contribution >= 4 is 40.5 Å². The highest BCUT2D eigenvalue weighted by Crippen LogP contribution is 2.27. The number of esters is 1. The minimum Gasteiger partial charge on any atom is -0.484 e. The predicted octanol–water partition coefficient (Wildman–Crippen LogP) is 6.36. The van der Waals surface area contributed by atoms with Crippen molar-refractivity contribution in [1.29, 1.82) is 0 Å². The van der Waals surface area contributed by atoms with E-state index in [2.05, 4.69) is 24.4 Å².